The number of fused-ring (bicyclic) bond motifs is 1. The number of nitrogens with zero attached hydrogens (tertiary/aromatic N) is 4. The van der Waals surface area contributed by atoms with Crippen LogP contribution in [0.25, 0.3) is 0 Å². The first-order valence-electron chi connectivity index (χ1n) is 8.57. The number of benzene rings is 1. The van der Waals surface area contributed by atoms with Gasteiger partial charge in [0.15, 0.2) is 0 Å². The third kappa shape index (κ3) is 4.26. The summed E-state index contributed by atoms with van der Waals surface area (Å²) in [6.07, 6.45) is 7.26. The predicted octanol–water partition coefficient (Wildman–Crippen LogP) is 3.30. The second kappa shape index (κ2) is 8.76. The second-order valence-electron chi connectivity index (χ2n) is 5.94. The quantitative estimate of drug-likeness (QED) is 0.438. The lowest BCUT2D eigenvalue weighted by Gasteiger charge is -2.04. The van der Waals surface area contributed by atoms with E-state index < -0.39 is 5.82 Å². The maximum Gasteiger partial charge on any atom is 0.469 e. The van der Waals surface area contributed by atoms with Gasteiger partial charge in [0.25, 0.3) is 16.8 Å². The highest BCUT2D eigenvalue weighted by molar-refractivity contribution is 8.13. The molecule has 0 saturated heterocycles. The molecule has 30 heavy (non-hydrogen) atoms. The number of rotatable bonds is 3. The molecule has 2 aliphatic heterocycles. The highest BCUT2D eigenvalue weighted by atomic mass is 32.2. The molecule has 0 fully saturated rings. The molecule has 2 aromatic rings. The van der Waals surface area contributed by atoms with Crippen LogP contribution in [0.15, 0.2) is 50.9 Å². The summed E-state index contributed by atoms with van der Waals surface area (Å²) < 4.78 is 19.6. The first-order chi connectivity index (χ1) is 14.6. The summed E-state index contributed by atoms with van der Waals surface area (Å²) in [6, 6.07) is 5.98. The minimum Gasteiger partial charge on any atom is -0.321 e. The Morgan fingerprint density at radius 3 is 2.90 bits per heavy atom. The van der Waals surface area contributed by atoms with Gasteiger partial charge in [0.1, 0.15) is 5.82 Å². The number of amidine groups is 1. The van der Waals surface area contributed by atoms with Gasteiger partial charge in [-0.3, -0.25) is 4.79 Å². The van der Waals surface area contributed by atoms with Crippen molar-refractivity contribution in [3.8, 4) is 11.8 Å². The minimum absolute atomic E-state index is 0.100. The highest BCUT2D eigenvalue weighted by Crippen LogP contribution is 2.27. The molecule has 1 amide bonds. The summed E-state index contributed by atoms with van der Waals surface area (Å²) in [6.45, 7) is 0. The number of nitrogens with one attached hydrogen (secondary N) is 1. The fraction of sp³-hybridized carbons (Fsp3) is 0.100. The minimum atomic E-state index is -0.518. The van der Waals surface area contributed by atoms with Crippen molar-refractivity contribution < 1.29 is 14.0 Å². The standard InChI is InChI=1S/C20H13FN5OS3/c1-28-18-9-17-25-24-16(26(17)11-22-18)6-4-12-7-13(3-5-15(12)21)20(27)23-14-8-19(29-2)30-10-14/h3,5,7-11H,1-2H3/q+1/p+1. The van der Waals surface area contributed by atoms with E-state index in [2.05, 4.69) is 31.7 Å². The number of hydrogen-bond acceptors (Lipinski definition) is 6. The number of halogens is 1. The van der Waals surface area contributed by atoms with Crippen molar-refractivity contribution in [3.05, 3.63) is 58.5 Å². The largest absolute Gasteiger partial charge is 0.469 e. The smallest absolute Gasteiger partial charge is 0.321 e. The van der Waals surface area contributed by atoms with E-state index in [0.29, 0.717) is 22.9 Å². The topological polar surface area (TPSA) is 72.9 Å². The van der Waals surface area contributed by atoms with Crippen molar-refractivity contribution in [3.63, 3.8) is 0 Å². The van der Waals surface area contributed by atoms with Crippen molar-refractivity contribution in [1.29, 1.82) is 0 Å². The average molecular weight is 456 g/mol. The van der Waals surface area contributed by atoms with E-state index >= 15 is 0 Å². The van der Waals surface area contributed by atoms with Gasteiger partial charge >= 0.3 is 12.2 Å². The summed E-state index contributed by atoms with van der Waals surface area (Å²) in [7, 11) is 0. The molecule has 6 nitrogen and oxygen atoms in total. The molecule has 10 heteroatoms. The highest BCUT2D eigenvalue weighted by Gasteiger charge is 2.35. The van der Waals surface area contributed by atoms with Crippen molar-refractivity contribution in [2.75, 3.05) is 17.8 Å². The maximum absolute atomic E-state index is 14.3. The van der Waals surface area contributed by atoms with E-state index in [9.17, 15) is 9.18 Å². The summed E-state index contributed by atoms with van der Waals surface area (Å²) in [4.78, 5) is 18.2. The SMILES string of the molecule is CSC1=[N+]=CN2C(=C1)N=[N+]=C2C#Cc1cc(C(=O)Nc2csc(SC)c2)ccc1F. The monoisotopic (exact) mass is 455 g/mol. The fourth-order valence-electron chi connectivity index (χ4n) is 2.55. The number of thioether (sulfide) groups is 2. The molecular weight excluding hydrogens is 441 g/mol. The van der Waals surface area contributed by atoms with Gasteiger partial charge in [-0.25, -0.2) is 9.06 Å². The fourth-order valence-corrected chi connectivity index (χ4v) is 4.27. The zero-order chi connectivity index (χ0) is 21.1. The van der Waals surface area contributed by atoms with Crippen molar-refractivity contribution in [2.24, 2.45) is 5.11 Å². The van der Waals surface area contributed by atoms with Crippen LogP contribution in [0.4, 0.5) is 10.1 Å². The summed E-state index contributed by atoms with van der Waals surface area (Å²) >= 11 is 4.65. The van der Waals surface area contributed by atoms with E-state index in [1.54, 1.807) is 40.4 Å². The van der Waals surface area contributed by atoms with E-state index in [-0.39, 0.29) is 11.5 Å². The molecule has 4 rings (SSSR count). The summed E-state index contributed by atoms with van der Waals surface area (Å²) in [5, 5.41) is 9.55. The third-order valence-electron chi connectivity index (χ3n) is 4.06. The molecule has 148 valence electrons. The molecule has 0 unspecified atom stereocenters. The van der Waals surface area contributed by atoms with Gasteiger partial charge in [0.2, 0.25) is 0 Å². The first-order valence-corrected chi connectivity index (χ1v) is 11.9. The van der Waals surface area contributed by atoms with Crippen LogP contribution in [-0.4, -0.2) is 45.3 Å². The molecule has 0 saturated carbocycles. The van der Waals surface area contributed by atoms with Crippen LogP contribution in [0, 0.1) is 17.7 Å². The lowest BCUT2D eigenvalue weighted by atomic mass is 10.1. The van der Waals surface area contributed by atoms with E-state index in [1.165, 1.54) is 30.0 Å². The van der Waals surface area contributed by atoms with Crippen LogP contribution in [0.1, 0.15) is 15.9 Å². The molecule has 0 radical (unpaired) electrons. The van der Waals surface area contributed by atoms with Crippen molar-refractivity contribution in [2.45, 2.75) is 4.21 Å². The van der Waals surface area contributed by atoms with Crippen LogP contribution in [0.5, 0.6) is 0 Å². The molecule has 0 atom stereocenters. The predicted molar refractivity (Wildman–Crippen MR) is 122 cm³/mol. The molecule has 2 aliphatic rings. The summed E-state index contributed by atoms with van der Waals surface area (Å²) in [5.41, 5.74) is 1.12. The lowest BCUT2D eigenvalue weighted by Crippen LogP contribution is -2.28. The van der Waals surface area contributed by atoms with Crippen LogP contribution in [0.2, 0.25) is 0 Å². The first kappa shape index (κ1) is 20.2. The van der Waals surface area contributed by atoms with Gasteiger partial charge < -0.3 is 5.32 Å². The molecule has 0 aliphatic carbocycles. The Labute approximate surface area is 184 Å². The number of thiophene rings is 1. The Hall–Kier alpha value is -3.05. The lowest BCUT2D eigenvalue weighted by molar-refractivity contribution is -0.0718. The Morgan fingerprint density at radius 2 is 2.13 bits per heavy atom. The number of carbonyl (C=O) groups excluding carboxylic acids is 1. The van der Waals surface area contributed by atoms with Crippen LogP contribution in [-0.2, 0) is 0 Å². The molecule has 1 aromatic heterocycles. The van der Waals surface area contributed by atoms with Crippen LogP contribution in [0.3, 0.4) is 0 Å². The molecule has 0 bridgehead atoms. The van der Waals surface area contributed by atoms with Gasteiger partial charge in [-0.05, 0) is 42.7 Å². The van der Waals surface area contributed by atoms with E-state index in [0.717, 1.165) is 9.25 Å². The molecular formula is C20H14FN5OS3+2. The summed E-state index contributed by atoms with van der Waals surface area (Å²) in [5.74, 6) is 5.65. The van der Waals surface area contributed by atoms with Gasteiger partial charge in [-0.2, -0.15) is 0 Å². The molecule has 3 heterocycles. The number of hydrogen-bond donors (Lipinski definition) is 1. The van der Waals surface area contributed by atoms with Gasteiger partial charge in [-0.1, -0.05) is 16.6 Å². The zero-order valence-corrected chi connectivity index (χ0v) is 18.3. The van der Waals surface area contributed by atoms with Gasteiger partial charge in [-0.15, -0.1) is 28.0 Å². The number of carbonyl (C=O) groups is 1. The number of anilines is 1. The van der Waals surface area contributed by atoms with E-state index in [4.69, 9.17) is 0 Å². The Kier molecular flexibility index (Phi) is 5.91. The average Bonchev–Trinajstić information content (AvgIpc) is 3.39. The normalized spacial score (nSPS) is 13.8. The molecule has 0 spiro atoms. The second-order valence-corrected chi connectivity index (χ2v) is 8.78. The Balaban J connectivity index is 1.54. The van der Waals surface area contributed by atoms with Gasteiger partial charge in [0.05, 0.1) is 26.7 Å². The van der Waals surface area contributed by atoms with E-state index in [1.807, 2.05) is 24.0 Å². The molecule has 1 N–H and O–H groups in total. The number of amides is 1. The zero-order valence-electron chi connectivity index (χ0n) is 15.8. The Bertz CT molecular complexity index is 1270. The maximum atomic E-state index is 14.3. The Morgan fingerprint density at radius 1 is 1.27 bits per heavy atom. The molecule has 1 aromatic carbocycles. The van der Waals surface area contributed by atoms with Crippen molar-refractivity contribution >= 4 is 63.7 Å². The third-order valence-corrected chi connectivity index (χ3v) is 6.73. The van der Waals surface area contributed by atoms with Crippen LogP contribution < -0.4 is 9.98 Å². The van der Waals surface area contributed by atoms with Crippen molar-refractivity contribution in [1.82, 2.24) is 9.57 Å². The van der Waals surface area contributed by atoms with Crippen LogP contribution >= 0.6 is 34.9 Å². The van der Waals surface area contributed by atoms with Gasteiger partial charge in [0, 0.05) is 16.9 Å².